The van der Waals surface area contributed by atoms with Crippen LogP contribution in [-0.2, 0) is 19.1 Å². The first-order valence-corrected chi connectivity index (χ1v) is 4.41. The number of rotatable bonds is 4. The highest BCUT2D eigenvalue weighted by Gasteiger charge is 2.24. The second kappa shape index (κ2) is 5.59. The summed E-state index contributed by atoms with van der Waals surface area (Å²) in [5, 5.41) is 2.50. The first kappa shape index (κ1) is 12.9. The van der Waals surface area contributed by atoms with Crippen molar-refractivity contribution in [1.82, 2.24) is 5.32 Å². The number of methoxy groups -OCH3 is 1. The Labute approximate surface area is 83.8 Å². The maximum Gasteiger partial charge on any atom is 0.396 e. The van der Waals surface area contributed by atoms with E-state index in [-0.39, 0.29) is 6.61 Å². The largest absolute Gasteiger partial charge is 0.459 e. The molecule has 0 rings (SSSR count). The zero-order chi connectivity index (χ0) is 11.2. The van der Waals surface area contributed by atoms with Gasteiger partial charge in [-0.2, -0.15) is 0 Å². The Bertz CT molecular complexity index is 213. The molecule has 0 aliphatic rings. The highest BCUT2D eigenvalue weighted by molar-refractivity contribution is 6.32. The lowest BCUT2D eigenvalue weighted by Crippen LogP contribution is -2.49. The zero-order valence-corrected chi connectivity index (χ0v) is 9.05. The highest BCUT2D eigenvalue weighted by atomic mass is 16.5. The van der Waals surface area contributed by atoms with Crippen molar-refractivity contribution in [3.63, 3.8) is 0 Å². The lowest BCUT2D eigenvalue weighted by atomic mass is 10.1. The van der Waals surface area contributed by atoms with Crippen molar-refractivity contribution >= 4 is 11.9 Å². The number of carbonyl (C=O) groups excluding carboxylic acids is 2. The van der Waals surface area contributed by atoms with Crippen LogP contribution < -0.4 is 5.32 Å². The van der Waals surface area contributed by atoms with E-state index < -0.39 is 17.4 Å². The molecule has 0 aliphatic heterocycles. The fourth-order valence-corrected chi connectivity index (χ4v) is 0.952. The first-order valence-electron chi connectivity index (χ1n) is 4.41. The van der Waals surface area contributed by atoms with E-state index in [1.54, 1.807) is 20.8 Å². The van der Waals surface area contributed by atoms with E-state index in [2.05, 4.69) is 10.1 Å². The fourth-order valence-electron chi connectivity index (χ4n) is 0.952. The number of nitrogens with one attached hydrogen (secondary N) is 1. The van der Waals surface area contributed by atoms with Crippen LogP contribution in [0.2, 0.25) is 0 Å². The van der Waals surface area contributed by atoms with Gasteiger partial charge in [-0.15, -0.1) is 0 Å². The summed E-state index contributed by atoms with van der Waals surface area (Å²) in [7, 11) is 1.53. The first-order chi connectivity index (χ1) is 6.43. The second-order valence-corrected chi connectivity index (χ2v) is 3.49. The molecule has 0 heterocycles. The highest BCUT2D eigenvalue weighted by Crippen LogP contribution is 2.01. The maximum absolute atomic E-state index is 11.2. The zero-order valence-electron chi connectivity index (χ0n) is 9.05. The molecule has 0 saturated heterocycles. The van der Waals surface area contributed by atoms with Gasteiger partial charge in [0.2, 0.25) is 0 Å². The van der Waals surface area contributed by atoms with Crippen LogP contribution >= 0.6 is 0 Å². The molecule has 5 nitrogen and oxygen atoms in total. The van der Waals surface area contributed by atoms with E-state index in [9.17, 15) is 9.59 Å². The quantitative estimate of drug-likeness (QED) is 0.519. The molecule has 82 valence electrons. The van der Waals surface area contributed by atoms with E-state index in [1.807, 2.05) is 0 Å². The van der Waals surface area contributed by atoms with Crippen LogP contribution in [0.3, 0.4) is 0 Å². The van der Waals surface area contributed by atoms with Gasteiger partial charge in [-0.25, -0.2) is 4.79 Å². The van der Waals surface area contributed by atoms with E-state index in [1.165, 1.54) is 7.11 Å². The normalized spacial score (nSPS) is 10.9. The predicted octanol–water partition coefficient (Wildman–Crippen LogP) is 0.0907. The molecule has 1 amide bonds. The summed E-state index contributed by atoms with van der Waals surface area (Å²) in [4.78, 5) is 22.1. The minimum atomic E-state index is -0.864. The minimum Gasteiger partial charge on any atom is -0.459 e. The summed E-state index contributed by atoms with van der Waals surface area (Å²) in [5.74, 6) is -1.61. The van der Waals surface area contributed by atoms with Crippen LogP contribution in [0.4, 0.5) is 0 Å². The van der Waals surface area contributed by atoms with Gasteiger partial charge in [0.25, 0.3) is 0 Å². The van der Waals surface area contributed by atoms with E-state index in [0.717, 1.165) is 0 Å². The summed E-state index contributed by atoms with van der Waals surface area (Å²) < 4.78 is 9.42. The van der Waals surface area contributed by atoms with Crippen molar-refractivity contribution < 1.29 is 19.1 Å². The van der Waals surface area contributed by atoms with Gasteiger partial charge in [0.15, 0.2) is 0 Å². The molecule has 0 aliphatic carbocycles. The summed E-state index contributed by atoms with van der Waals surface area (Å²) in [5.41, 5.74) is -0.571. The lowest BCUT2D eigenvalue weighted by molar-refractivity contribution is -0.155. The Hall–Kier alpha value is -1.10. The maximum atomic E-state index is 11.2. The van der Waals surface area contributed by atoms with Crippen molar-refractivity contribution in [1.29, 1.82) is 0 Å². The number of esters is 1. The molecule has 14 heavy (non-hydrogen) atoms. The third-order valence-electron chi connectivity index (χ3n) is 1.42. The minimum absolute atomic E-state index is 0.191. The summed E-state index contributed by atoms with van der Waals surface area (Å²) >= 11 is 0. The molecular formula is C9H17NO4. The van der Waals surface area contributed by atoms with Gasteiger partial charge >= 0.3 is 11.9 Å². The molecule has 0 aromatic heterocycles. The van der Waals surface area contributed by atoms with Crippen LogP contribution in [0.1, 0.15) is 20.8 Å². The standard InChI is InChI=1S/C9H17NO4/c1-5-14-8(12)7(11)10-9(2,3)6-13-4/h5-6H2,1-4H3,(H,10,11). The smallest absolute Gasteiger partial charge is 0.396 e. The van der Waals surface area contributed by atoms with E-state index >= 15 is 0 Å². The van der Waals surface area contributed by atoms with Gasteiger partial charge in [-0.05, 0) is 20.8 Å². The van der Waals surface area contributed by atoms with Crippen LogP contribution in [0.15, 0.2) is 0 Å². The van der Waals surface area contributed by atoms with Gasteiger partial charge in [0, 0.05) is 7.11 Å². The van der Waals surface area contributed by atoms with E-state index in [4.69, 9.17) is 4.74 Å². The third-order valence-corrected chi connectivity index (χ3v) is 1.42. The molecule has 0 spiro atoms. The molecule has 0 bridgehead atoms. The van der Waals surface area contributed by atoms with Crippen molar-refractivity contribution in [2.45, 2.75) is 26.3 Å². The number of hydrogen-bond donors (Lipinski definition) is 1. The van der Waals surface area contributed by atoms with Gasteiger partial charge in [-0.3, -0.25) is 4.79 Å². The Morgan fingerprint density at radius 1 is 1.36 bits per heavy atom. The molecule has 0 unspecified atom stereocenters. The molecule has 5 heteroatoms. The monoisotopic (exact) mass is 203 g/mol. The number of carbonyl (C=O) groups is 2. The molecule has 0 fully saturated rings. The van der Waals surface area contributed by atoms with Gasteiger partial charge in [0.1, 0.15) is 0 Å². The Morgan fingerprint density at radius 3 is 2.36 bits per heavy atom. The Kier molecular flexibility index (Phi) is 5.15. The third kappa shape index (κ3) is 4.81. The van der Waals surface area contributed by atoms with Gasteiger partial charge < -0.3 is 14.8 Å². The molecule has 0 aromatic rings. The number of amides is 1. The summed E-state index contributed by atoms with van der Waals surface area (Å²) in [6.45, 7) is 5.68. The molecule has 0 radical (unpaired) electrons. The van der Waals surface area contributed by atoms with Gasteiger partial charge in [-0.1, -0.05) is 0 Å². The van der Waals surface area contributed by atoms with Crippen molar-refractivity contribution in [3.05, 3.63) is 0 Å². The Morgan fingerprint density at radius 2 is 1.93 bits per heavy atom. The van der Waals surface area contributed by atoms with Gasteiger partial charge in [0.05, 0.1) is 18.8 Å². The number of ether oxygens (including phenoxy) is 2. The van der Waals surface area contributed by atoms with Crippen molar-refractivity contribution in [2.24, 2.45) is 0 Å². The fraction of sp³-hybridized carbons (Fsp3) is 0.778. The van der Waals surface area contributed by atoms with Crippen molar-refractivity contribution in [2.75, 3.05) is 20.3 Å². The second-order valence-electron chi connectivity index (χ2n) is 3.49. The van der Waals surface area contributed by atoms with Crippen LogP contribution in [-0.4, -0.2) is 37.7 Å². The summed E-state index contributed by atoms with van der Waals surface area (Å²) in [6.07, 6.45) is 0. The summed E-state index contributed by atoms with van der Waals surface area (Å²) in [6, 6.07) is 0. The average Bonchev–Trinajstić information content (AvgIpc) is 2.03. The van der Waals surface area contributed by atoms with Crippen molar-refractivity contribution in [3.8, 4) is 0 Å². The topological polar surface area (TPSA) is 64.6 Å². The van der Waals surface area contributed by atoms with Crippen LogP contribution in [0.5, 0.6) is 0 Å². The average molecular weight is 203 g/mol. The Balaban J connectivity index is 4.10. The van der Waals surface area contributed by atoms with Crippen LogP contribution in [0, 0.1) is 0 Å². The SMILES string of the molecule is CCOC(=O)C(=O)NC(C)(C)COC. The van der Waals surface area contributed by atoms with Crippen LogP contribution in [0.25, 0.3) is 0 Å². The predicted molar refractivity (Wildman–Crippen MR) is 50.7 cm³/mol. The van der Waals surface area contributed by atoms with E-state index in [0.29, 0.717) is 6.61 Å². The number of hydrogen-bond acceptors (Lipinski definition) is 4. The molecule has 0 saturated carbocycles. The molecular weight excluding hydrogens is 186 g/mol. The lowest BCUT2D eigenvalue weighted by Gasteiger charge is -2.24. The molecule has 0 aromatic carbocycles. The molecule has 0 atom stereocenters. The molecule has 1 N–H and O–H groups in total.